The van der Waals surface area contributed by atoms with Crippen LogP contribution in [0.25, 0.3) is 0 Å². The quantitative estimate of drug-likeness (QED) is 0.452. The third-order valence-corrected chi connectivity index (χ3v) is 6.44. The SMILES string of the molecule is FC(F)(F)CCN1CCC(c2ccccc2[C@H]2CCCN2I)CC1. The van der Waals surface area contributed by atoms with Gasteiger partial charge in [0.2, 0.25) is 0 Å². The maximum absolute atomic E-state index is 12.4. The summed E-state index contributed by atoms with van der Waals surface area (Å²) in [5.41, 5.74) is 2.85. The monoisotopic (exact) mass is 452 g/mol. The molecular formula is C18H24F3IN2. The van der Waals surface area contributed by atoms with Gasteiger partial charge in [-0.1, -0.05) is 24.3 Å². The topological polar surface area (TPSA) is 6.48 Å². The zero-order valence-electron chi connectivity index (χ0n) is 13.7. The molecule has 0 bridgehead atoms. The lowest BCUT2D eigenvalue weighted by atomic mass is 9.84. The number of alkyl halides is 3. The van der Waals surface area contributed by atoms with E-state index in [1.54, 1.807) is 0 Å². The molecular weight excluding hydrogens is 428 g/mol. The molecule has 6 heteroatoms. The Morgan fingerprint density at radius 2 is 1.67 bits per heavy atom. The third kappa shape index (κ3) is 4.64. The summed E-state index contributed by atoms with van der Waals surface area (Å²) in [6, 6.07) is 9.17. The van der Waals surface area contributed by atoms with Crippen LogP contribution in [-0.2, 0) is 0 Å². The van der Waals surface area contributed by atoms with E-state index in [-0.39, 0.29) is 6.54 Å². The Labute approximate surface area is 155 Å². The molecule has 2 nitrogen and oxygen atoms in total. The molecule has 2 aliphatic rings. The number of rotatable bonds is 4. The Kier molecular flexibility index (Phi) is 6.08. The average molecular weight is 452 g/mol. The van der Waals surface area contributed by atoms with Crippen molar-refractivity contribution in [2.75, 3.05) is 26.2 Å². The van der Waals surface area contributed by atoms with E-state index < -0.39 is 12.6 Å². The summed E-state index contributed by atoms with van der Waals surface area (Å²) in [6.45, 7) is 2.82. The van der Waals surface area contributed by atoms with Crippen molar-refractivity contribution in [3.05, 3.63) is 35.4 Å². The zero-order valence-corrected chi connectivity index (χ0v) is 15.9. The molecule has 0 N–H and O–H groups in total. The van der Waals surface area contributed by atoms with Gasteiger partial charge >= 0.3 is 6.18 Å². The van der Waals surface area contributed by atoms with Gasteiger partial charge in [0.25, 0.3) is 0 Å². The van der Waals surface area contributed by atoms with Crippen molar-refractivity contribution >= 4 is 22.9 Å². The molecule has 0 aromatic heterocycles. The van der Waals surface area contributed by atoms with Gasteiger partial charge in [-0.3, -0.25) is 0 Å². The molecule has 0 aliphatic carbocycles. The van der Waals surface area contributed by atoms with E-state index in [4.69, 9.17) is 0 Å². The highest BCUT2D eigenvalue weighted by Crippen LogP contribution is 2.40. The van der Waals surface area contributed by atoms with Gasteiger partial charge in [-0.2, -0.15) is 13.2 Å². The number of nitrogens with zero attached hydrogens (tertiary/aromatic N) is 2. The largest absolute Gasteiger partial charge is 0.390 e. The second-order valence-corrected chi connectivity index (χ2v) is 8.13. The van der Waals surface area contributed by atoms with Crippen LogP contribution < -0.4 is 0 Å². The molecule has 0 saturated carbocycles. The summed E-state index contributed by atoms with van der Waals surface area (Å²) in [5.74, 6) is 0.480. The second kappa shape index (κ2) is 7.91. The van der Waals surface area contributed by atoms with Crippen LogP contribution in [-0.4, -0.2) is 40.4 Å². The first-order valence-electron chi connectivity index (χ1n) is 8.74. The van der Waals surface area contributed by atoms with Crippen molar-refractivity contribution in [1.82, 2.24) is 8.01 Å². The van der Waals surface area contributed by atoms with Gasteiger partial charge in [-0.15, -0.1) is 0 Å². The van der Waals surface area contributed by atoms with Crippen LogP contribution in [0.4, 0.5) is 13.2 Å². The molecule has 2 fully saturated rings. The normalized spacial score (nSPS) is 24.6. The number of piperidine rings is 1. The van der Waals surface area contributed by atoms with Gasteiger partial charge in [0.05, 0.1) is 6.42 Å². The standard InChI is InChI=1S/C18H24F3IN2/c19-18(20,21)9-13-23-11-7-14(8-12-23)15-4-1-2-5-16(15)17-6-3-10-24(17)22/h1-2,4-5,14,17H,3,6-13H2/t17-/m1/s1. The van der Waals surface area contributed by atoms with E-state index >= 15 is 0 Å². The Morgan fingerprint density at radius 3 is 2.25 bits per heavy atom. The predicted molar refractivity (Wildman–Crippen MR) is 98.2 cm³/mol. The van der Waals surface area contributed by atoms with Crippen molar-refractivity contribution in [2.24, 2.45) is 0 Å². The molecule has 0 spiro atoms. The second-order valence-electron chi connectivity index (χ2n) is 6.89. The Bertz CT molecular complexity index is 541. The molecule has 1 aromatic rings. The van der Waals surface area contributed by atoms with Crippen molar-refractivity contribution in [1.29, 1.82) is 0 Å². The lowest BCUT2D eigenvalue weighted by Crippen LogP contribution is -2.35. The molecule has 1 aromatic carbocycles. The first kappa shape index (κ1) is 18.5. The Balaban J connectivity index is 1.62. The maximum atomic E-state index is 12.4. The minimum atomic E-state index is -4.05. The summed E-state index contributed by atoms with van der Waals surface area (Å²) in [7, 11) is 0. The van der Waals surface area contributed by atoms with E-state index in [2.05, 4.69) is 50.2 Å². The fraction of sp³-hybridized carbons (Fsp3) is 0.667. The highest BCUT2D eigenvalue weighted by Gasteiger charge is 2.31. The van der Waals surface area contributed by atoms with Crippen molar-refractivity contribution < 1.29 is 13.2 Å². The smallest absolute Gasteiger partial charge is 0.303 e. The lowest BCUT2D eigenvalue weighted by Gasteiger charge is -2.34. The Hall–Kier alpha value is -0.340. The van der Waals surface area contributed by atoms with Crippen molar-refractivity contribution in [2.45, 2.75) is 50.2 Å². The summed E-state index contributed by atoms with van der Waals surface area (Å²) >= 11 is 2.43. The first-order chi connectivity index (χ1) is 11.4. The van der Waals surface area contributed by atoms with Crippen LogP contribution >= 0.6 is 22.9 Å². The van der Waals surface area contributed by atoms with Gasteiger partial charge in [0, 0.05) is 42.0 Å². The summed E-state index contributed by atoms with van der Waals surface area (Å²) in [6.07, 6.45) is -0.385. The molecule has 2 heterocycles. The van der Waals surface area contributed by atoms with Gasteiger partial charge in [0.15, 0.2) is 0 Å². The fourth-order valence-corrected chi connectivity index (χ4v) is 4.90. The number of hydrogen-bond donors (Lipinski definition) is 0. The lowest BCUT2D eigenvalue weighted by molar-refractivity contribution is -0.138. The summed E-state index contributed by atoms with van der Waals surface area (Å²) < 4.78 is 39.5. The van der Waals surface area contributed by atoms with E-state index in [0.29, 0.717) is 12.0 Å². The molecule has 0 radical (unpaired) electrons. The van der Waals surface area contributed by atoms with Gasteiger partial charge in [-0.05, 0) is 55.8 Å². The van der Waals surface area contributed by atoms with Gasteiger partial charge in [0.1, 0.15) is 0 Å². The van der Waals surface area contributed by atoms with Crippen LogP contribution in [0.15, 0.2) is 24.3 Å². The number of hydrogen-bond acceptors (Lipinski definition) is 2. The first-order valence-corrected chi connectivity index (χ1v) is 9.71. The summed E-state index contributed by atoms with van der Waals surface area (Å²) in [4.78, 5) is 1.97. The van der Waals surface area contributed by atoms with Crippen molar-refractivity contribution in [3.63, 3.8) is 0 Å². The van der Waals surface area contributed by atoms with Crippen LogP contribution in [0.1, 0.15) is 55.2 Å². The van der Waals surface area contributed by atoms with Crippen molar-refractivity contribution in [3.8, 4) is 0 Å². The highest BCUT2D eigenvalue weighted by molar-refractivity contribution is 14.1. The maximum Gasteiger partial charge on any atom is 0.390 e. The van der Waals surface area contributed by atoms with Crippen LogP contribution in [0.2, 0.25) is 0 Å². The number of benzene rings is 1. The molecule has 134 valence electrons. The van der Waals surface area contributed by atoms with Gasteiger partial charge < -0.3 is 4.90 Å². The third-order valence-electron chi connectivity index (χ3n) is 5.28. The zero-order chi connectivity index (χ0) is 17.2. The molecule has 3 rings (SSSR count). The van der Waals surface area contributed by atoms with Crippen LogP contribution in [0.5, 0.6) is 0 Å². The molecule has 0 unspecified atom stereocenters. The van der Waals surface area contributed by atoms with Gasteiger partial charge in [-0.25, -0.2) is 3.11 Å². The molecule has 24 heavy (non-hydrogen) atoms. The number of likely N-dealkylation sites (tertiary alicyclic amines) is 1. The highest BCUT2D eigenvalue weighted by atomic mass is 127. The fourth-order valence-electron chi connectivity index (χ4n) is 3.98. The van der Waals surface area contributed by atoms with E-state index in [0.717, 1.165) is 32.5 Å². The summed E-state index contributed by atoms with van der Waals surface area (Å²) in [5, 5.41) is 0. The minimum absolute atomic E-state index is 0.141. The molecule has 1 atom stereocenters. The molecule has 0 amide bonds. The van der Waals surface area contributed by atoms with Crippen LogP contribution in [0.3, 0.4) is 0 Å². The average Bonchev–Trinajstić information content (AvgIpc) is 2.99. The Morgan fingerprint density at radius 1 is 1.00 bits per heavy atom. The van der Waals surface area contributed by atoms with E-state index in [1.807, 2.05) is 4.90 Å². The van der Waals surface area contributed by atoms with E-state index in [9.17, 15) is 13.2 Å². The molecule has 2 saturated heterocycles. The van der Waals surface area contributed by atoms with E-state index in [1.165, 1.54) is 24.0 Å². The minimum Gasteiger partial charge on any atom is -0.303 e. The van der Waals surface area contributed by atoms with Crippen LogP contribution in [0, 0.1) is 0 Å². The number of halogens is 4. The molecule has 2 aliphatic heterocycles. The predicted octanol–water partition coefficient (Wildman–Crippen LogP) is 5.31.